The molecule has 1 saturated heterocycles. The lowest BCUT2D eigenvalue weighted by Gasteiger charge is -2.34. The summed E-state index contributed by atoms with van der Waals surface area (Å²) < 4.78 is 5.06. The molecule has 31 heavy (non-hydrogen) atoms. The highest BCUT2D eigenvalue weighted by Gasteiger charge is 2.21. The highest BCUT2D eigenvalue weighted by atomic mass is 35.5. The van der Waals surface area contributed by atoms with E-state index in [0.29, 0.717) is 6.61 Å². The zero-order valence-corrected chi connectivity index (χ0v) is 19.6. The Labute approximate surface area is 194 Å². The molecule has 0 N–H and O–H groups in total. The van der Waals surface area contributed by atoms with Crippen LogP contribution in [0.5, 0.6) is 0 Å². The quantitative estimate of drug-likeness (QED) is 0.360. The molecule has 0 spiro atoms. The molecular formula is C25H29ClN2O2S. The lowest BCUT2D eigenvalue weighted by molar-refractivity contribution is -0.141. The summed E-state index contributed by atoms with van der Waals surface area (Å²) in [7, 11) is 0. The van der Waals surface area contributed by atoms with Crippen LogP contribution in [0, 0.1) is 0 Å². The molecule has 0 radical (unpaired) electrons. The van der Waals surface area contributed by atoms with E-state index in [1.807, 2.05) is 17.8 Å². The summed E-state index contributed by atoms with van der Waals surface area (Å²) in [5, 5.41) is 0.788. The Morgan fingerprint density at radius 2 is 1.74 bits per heavy atom. The first-order valence-corrected chi connectivity index (χ1v) is 12.1. The second-order valence-corrected chi connectivity index (χ2v) is 9.54. The van der Waals surface area contributed by atoms with Crippen LogP contribution in [0.4, 0.5) is 0 Å². The minimum absolute atomic E-state index is 0.197. The van der Waals surface area contributed by atoms with Gasteiger partial charge in [0.15, 0.2) is 0 Å². The lowest BCUT2D eigenvalue weighted by atomic mass is 9.95. The Kier molecular flexibility index (Phi) is 7.72. The van der Waals surface area contributed by atoms with Crippen LogP contribution < -0.4 is 0 Å². The van der Waals surface area contributed by atoms with Crippen LogP contribution in [0.2, 0.25) is 5.02 Å². The number of halogens is 1. The summed E-state index contributed by atoms with van der Waals surface area (Å²) in [4.78, 5) is 18.4. The van der Waals surface area contributed by atoms with Crippen molar-refractivity contribution >= 4 is 34.9 Å². The van der Waals surface area contributed by atoms with Gasteiger partial charge < -0.3 is 9.64 Å². The summed E-state index contributed by atoms with van der Waals surface area (Å²) in [6.07, 6.45) is 4.58. The van der Waals surface area contributed by atoms with E-state index in [1.165, 1.54) is 33.4 Å². The summed E-state index contributed by atoms with van der Waals surface area (Å²) in [5.41, 5.74) is 3.86. The van der Waals surface area contributed by atoms with Gasteiger partial charge >= 0.3 is 5.97 Å². The first-order valence-electron chi connectivity index (χ1n) is 11.0. The van der Waals surface area contributed by atoms with E-state index in [1.54, 1.807) is 0 Å². The number of carbonyl (C=O) groups excluding carboxylic acids is 1. The van der Waals surface area contributed by atoms with Gasteiger partial charge in [-0.25, -0.2) is 0 Å². The van der Waals surface area contributed by atoms with Crippen LogP contribution in [0.25, 0.3) is 5.57 Å². The number of nitrogens with zero attached hydrogens (tertiary/aromatic N) is 2. The van der Waals surface area contributed by atoms with Crippen molar-refractivity contribution in [1.29, 1.82) is 0 Å². The van der Waals surface area contributed by atoms with E-state index in [-0.39, 0.29) is 5.97 Å². The number of allylic oxidation sites excluding steroid dienone is 1. The molecular weight excluding hydrogens is 428 g/mol. The topological polar surface area (TPSA) is 32.8 Å². The molecule has 0 saturated carbocycles. The first-order chi connectivity index (χ1) is 15.1. The van der Waals surface area contributed by atoms with Gasteiger partial charge in [0.1, 0.15) is 6.61 Å². The maximum absolute atomic E-state index is 10.9. The number of fused-ring (bicyclic) bond motifs is 2. The van der Waals surface area contributed by atoms with Gasteiger partial charge in [-0.3, -0.25) is 9.69 Å². The molecule has 1 fully saturated rings. The predicted molar refractivity (Wildman–Crippen MR) is 128 cm³/mol. The van der Waals surface area contributed by atoms with E-state index >= 15 is 0 Å². The number of carbonyl (C=O) groups is 1. The number of rotatable bonds is 7. The van der Waals surface area contributed by atoms with Crippen molar-refractivity contribution in [3.63, 3.8) is 0 Å². The average Bonchev–Trinajstić information content (AvgIpc) is 2.77. The molecule has 0 aromatic heterocycles. The Balaban J connectivity index is 1.31. The standard InChI is InChI=1S/C25H29ClN2O2S/c1-19(29)30-17-16-28-14-12-27(13-15-28)11-5-4-6-21-22-7-2-3-8-24(22)31-25-10-9-20(26)18-23(21)25/h2-3,6-10,18H,4-5,11-17H2,1H3/b21-6-. The fourth-order valence-corrected chi connectivity index (χ4v) is 5.44. The van der Waals surface area contributed by atoms with E-state index in [0.717, 1.165) is 57.1 Å². The van der Waals surface area contributed by atoms with Crippen molar-refractivity contribution in [1.82, 2.24) is 9.80 Å². The third-order valence-electron chi connectivity index (χ3n) is 5.83. The van der Waals surface area contributed by atoms with Crippen LogP contribution in [0.1, 0.15) is 30.9 Å². The van der Waals surface area contributed by atoms with Crippen molar-refractivity contribution in [3.05, 3.63) is 64.7 Å². The highest BCUT2D eigenvalue weighted by Crippen LogP contribution is 2.46. The lowest BCUT2D eigenvalue weighted by Crippen LogP contribution is -2.47. The van der Waals surface area contributed by atoms with E-state index in [2.05, 4.69) is 52.3 Å². The van der Waals surface area contributed by atoms with Crippen LogP contribution in [-0.4, -0.2) is 61.6 Å². The van der Waals surface area contributed by atoms with Gasteiger partial charge in [-0.15, -0.1) is 0 Å². The van der Waals surface area contributed by atoms with Crippen molar-refractivity contribution in [2.45, 2.75) is 29.6 Å². The van der Waals surface area contributed by atoms with E-state index in [9.17, 15) is 4.79 Å². The summed E-state index contributed by atoms with van der Waals surface area (Å²) in [5.74, 6) is -0.197. The molecule has 0 unspecified atom stereocenters. The van der Waals surface area contributed by atoms with Gasteiger partial charge in [0.2, 0.25) is 0 Å². The molecule has 4 rings (SSSR count). The SMILES string of the molecule is CC(=O)OCCN1CCN(CCC/C=C2/c3ccccc3Sc3ccc(Cl)cc32)CC1. The monoisotopic (exact) mass is 456 g/mol. The van der Waals surface area contributed by atoms with Gasteiger partial charge in [0.05, 0.1) is 0 Å². The maximum atomic E-state index is 10.9. The number of ether oxygens (including phenoxy) is 1. The zero-order chi connectivity index (χ0) is 21.6. The molecule has 6 heteroatoms. The van der Waals surface area contributed by atoms with E-state index < -0.39 is 0 Å². The van der Waals surface area contributed by atoms with Crippen LogP contribution >= 0.6 is 23.4 Å². The third kappa shape index (κ3) is 5.92. The Morgan fingerprint density at radius 3 is 2.52 bits per heavy atom. The van der Waals surface area contributed by atoms with Crippen LogP contribution in [0.3, 0.4) is 0 Å². The molecule has 4 nitrogen and oxygen atoms in total. The Bertz CT molecular complexity index is 954. The van der Waals surface area contributed by atoms with Crippen LogP contribution in [-0.2, 0) is 9.53 Å². The zero-order valence-electron chi connectivity index (χ0n) is 18.0. The average molecular weight is 457 g/mol. The molecule has 164 valence electrons. The predicted octanol–water partition coefficient (Wildman–Crippen LogP) is 5.20. The second-order valence-electron chi connectivity index (χ2n) is 8.02. The summed E-state index contributed by atoms with van der Waals surface area (Å²) >= 11 is 8.14. The van der Waals surface area contributed by atoms with Crippen molar-refractivity contribution in [3.8, 4) is 0 Å². The first kappa shape index (κ1) is 22.4. The number of esters is 1. The van der Waals surface area contributed by atoms with Crippen LogP contribution in [0.15, 0.2) is 58.3 Å². The van der Waals surface area contributed by atoms with Gasteiger partial charge in [0.25, 0.3) is 0 Å². The van der Waals surface area contributed by atoms with Crippen molar-refractivity contribution < 1.29 is 9.53 Å². The second kappa shape index (κ2) is 10.7. The summed E-state index contributed by atoms with van der Waals surface area (Å²) in [6.45, 7) is 8.14. The Hall–Kier alpha value is -1.79. The minimum Gasteiger partial charge on any atom is -0.465 e. The third-order valence-corrected chi connectivity index (χ3v) is 7.22. The molecule has 2 aliphatic rings. The normalized spacial score (nSPS) is 17.9. The number of piperazine rings is 1. The number of hydrogen-bond acceptors (Lipinski definition) is 5. The molecule has 2 aromatic rings. The van der Waals surface area contributed by atoms with Gasteiger partial charge in [-0.2, -0.15) is 0 Å². The summed E-state index contributed by atoms with van der Waals surface area (Å²) in [6, 6.07) is 14.8. The molecule has 2 heterocycles. The molecule has 2 aliphatic heterocycles. The smallest absolute Gasteiger partial charge is 0.302 e. The van der Waals surface area contributed by atoms with E-state index in [4.69, 9.17) is 16.3 Å². The molecule has 0 aliphatic carbocycles. The highest BCUT2D eigenvalue weighted by molar-refractivity contribution is 7.99. The largest absolute Gasteiger partial charge is 0.465 e. The number of hydrogen-bond donors (Lipinski definition) is 0. The fraction of sp³-hybridized carbons (Fsp3) is 0.400. The Morgan fingerprint density at radius 1 is 1.03 bits per heavy atom. The van der Waals surface area contributed by atoms with Gasteiger partial charge in [-0.1, -0.05) is 47.6 Å². The minimum atomic E-state index is -0.197. The van der Waals surface area contributed by atoms with Gasteiger partial charge in [0, 0.05) is 54.5 Å². The fourth-order valence-electron chi connectivity index (χ4n) is 4.18. The molecule has 2 aromatic carbocycles. The van der Waals surface area contributed by atoms with Crippen molar-refractivity contribution in [2.24, 2.45) is 0 Å². The molecule has 0 amide bonds. The maximum Gasteiger partial charge on any atom is 0.302 e. The van der Waals surface area contributed by atoms with Crippen molar-refractivity contribution in [2.75, 3.05) is 45.9 Å². The number of unbranched alkanes of at least 4 members (excludes halogenated alkanes) is 1. The van der Waals surface area contributed by atoms with Gasteiger partial charge in [-0.05, 0) is 60.4 Å². The molecule has 0 atom stereocenters. The number of benzene rings is 2. The molecule has 0 bridgehead atoms.